The van der Waals surface area contributed by atoms with Crippen molar-refractivity contribution in [3.8, 4) is 5.75 Å². The molecule has 1 rings (SSSR count). The molecular formula is C14H18Cl2N2O2. The number of amides is 1. The number of rotatable bonds is 7. The summed E-state index contributed by atoms with van der Waals surface area (Å²) >= 11 is 11.8. The van der Waals surface area contributed by atoms with Crippen LogP contribution in [0, 0.1) is 0 Å². The third-order valence-electron chi connectivity index (χ3n) is 2.58. The number of nitrogens with one attached hydrogen (secondary N) is 1. The summed E-state index contributed by atoms with van der Waals surface area (Å²) < 4.78 is 5.48. The molecule has 0 fully saturated rings. The van der Waals surface area contributed by atoms with E-state index in [2.05, 4.69) is 10.5 Å². The molecule has 0 heterocycles. The van der Waals surface area contributed by atoms with E-state index in [1.54, 1.807) is 18.2 Å². The molecule has 0 saturated heterocycles. The summed E-state index contributed by atoms with van der Waals surface area (Å²) in [5.74, 6) is 0.444. The Morgan fingerprint density at radius 2 is 2.15 bits per heavy atom. The van der Waals surface area contributed by atoms with Crippen LogP contribution in [-0.2, 0) is 4.79 Å². The largest absolute Gasteiger partial charge is 0.492 e. The standard InChI is InChI=1S/C14H18Cl2N2O2/c1-3-10(2)17-18-14(19)5-4-8-20-13-7-6-11(15)9-12(13)16/h6-7,9H,3-5,8H2,1-2H3,(H,18,19)/b17-10+. The van der Waals surface area contributed by atoms with E-state index in [-0.39, 0.29) is 5.91 Å². The first kappa shape index (κ1) is 16.8. The summed E-state index contributed by atoms with van der Waals surface area (Å²) in [7, 11) is 0. The molecule has 0 spiro atoms. The van der Waals surface area contributed by atoms with Gasteiger partial charge < -0.3 is 4.74 Å². The Morgan fingerprint density at radius 1 is 1.40 bits per heavy atom. The first-order valence-electron chi connectivity index (χ1n) is 6.42. The number of carbonyl (C=O) groups is 1. The molecule has 0 aromatic heterocycles. The Hall–Kier alpha value is -1.26. The van der Waals surface area contributed by atoms with Crippen LogP contribution in [0.25, 0.3) is 0 Å². The topological polar surface area (TPSA) is 50.7 Å². The monoisotopic (exact) mass is 316 g/mol. The summed E-state index contributed by atoms with van der Waals surface area (Å²) in [6.07, 6.45) is 1.76. The first-order chi connectivity index (χ1) is 9.52. The van der Waals surface area contributed by atoms with Gasteiger partial charge in [0.05, 0.1) is 11.6 Å². The second-order valence-corrected chi connectivity index (χ2v) is 5.11. The number of benzene rings is 1. The number of hydrazone groups is 1. The maximum atomic E-state index is 11.5. The number of hydrogen-bond donors (Lipinski definition) is 1. The second-order valence-electron chi connectivity index (χ2n) is 4.26. The van der Waals surface area contributed by atoms with Crippen molar-refractivity contribution in [3.05, 3.63) is 28.2 Å². The highest BCUT2D eigenvalue weighted by Gasteiger charge is 2.04. The van der Waals surface area contributed by atoms with Crippen LogP contribution in [-0.4, -0.2) is 18.2 Å². The predicted molar refractivity (Wildman–Crippen MR) is 82.7 cm³/mol. The highest BCUT2D eigenvalue weighted by atomic mass is 35.5. The van der Waals surface area contributed by atoms with Gasteiger partial charge in [-0.1, -0.05) is 30.1 Å². The lowest BCUT2D eigenvalue weighted by Gasteiger charge is -2.07. The van der Waals surface area contributed by atoms with E-state index in [1.807, 2.05) is 13.8 Å². The van der Waals surface area contributed by atoms with Crippen LogP contribution >= 0.6 is 23.2 Å². The summed E-state index contributed by atoms with van der Waals surface area (Å²) in [5, 5.41) is 4.97. The molecule has 0 aliphatic carbocycles. The van der Waals surface area contributed by atoms with Crippen molar-refractivity contribution in [2.45, 2.75) is 33.1 Å². The smallest absolute Gasteiger partial charge is 0.240 e. The molecule has 0 bridgehead atoms. The minimum Gasteiger partial charge on any atom is -0.492 e. The van der Waals surface area contributed by atoms with Gasteiger partial charge in [-0.3, -0.25) is 4.79 Å². The molecule has 110 valence electrons. The molecular weight excluding hydrogens is 299 g/mol. The zero-order valence-electron chi connectivity index (χ0n) is 11.6. The average molecular weight is 317 g/mol. The zero-order valence-corrected chi connectivity index (χ0v) is 13.1. The van der Waals surface area contributed by atoms with Crippen molar-refractivity contribution in [2.24, 2.45) is 5.10 Å². The molecule has 1 N–H and O–H groups in total. The lowest BCUT2D eigenvalue weighted by atomic mass is 10.3. The number of halogens is 2. The van der Waals surface area contributed by atoms with Gasteiger partial charge in [0.25, 0.3) is 0 Å². The molecule has 4 nitrogen and oxygen atoms in total. The van der Waals surface area contributed by atoms with E-state index in [0.717, 1.165) is 12.1 Å². The first-order valence-corrected chi connectivity index (χ1v) is 7.18. The molecule has 0 unspecified atom stereocenters. The minimum atomic E-state index is -0.122. The van der Waals surface area contributed by atoms with Crippen molar-refractivity contribution >= 4 is 34.8 Å². The summed E-state index contributed by atoms with van der Waals surface area (Å²) in [4.78, 5) is 11.5. The summed E-state index contributed by atoms with van der Waals surface area (Å²) in [6.45, 7) is 4.26. The van der Waals surface area contributed by atoms with Gasteiger partial charge in [-0.25, -0.2) is 5.43 Å². The Morgan fingerprint density at radius 3 is 2.80 bits per heavy atom. The minimum absolute atomic E-state index is 0.122. The number of hydrogen-bond acceptors (Lipinski definition) is 3. The fourth-order valence-corrected chi connectivity index (χ4v) is 1.76. The van der Waals surface area contributed by atoms with E-state index in [9.17, 15) is 4.79 Å². The van der Waals surface area contributed by atoms with Gasteiger partial charge in [0.15, 0.2) is 0 Å². The molecule has 0 radical (unpaired) electrons. The predicted octanol–water partition coefficient (Wildman–Crippen LogP) is 4.05. The van der Waals surface area contributed by atoms with Crippen LogP contribution < -0.4 is 10.2 Å². The Balaban J connectivity index is 2.26. The molecule has 0 saturated carbocycles. The third-order valence-corrected chi connectivity index (χ3v) is 3.11. The van der Waals surface area contributed by atoms with Crippen molar-refractivity contribution in [1.82, 2.24) is 5.43 Å². The lowest BCUT2D eigenvalue weighted by molar-refractivity contribution is -0.121. The van der Waals surface area contributed by atoms with E-state index >= 15 is 0 Å². The molecule has 6 heteroatoms. The fourth-order valence-electron chi connectivity index (χ4n) is 1.30. The van der Waals surface area contributed by atoms with Gasteiger partial charge in [-0.2, -0.15) is 5.10 Å². The number of carbonyl (C=O) groups excluding carboxylic acids is 1. The van der Waals surface area contributed by atoms with E-state index in [1.165, 1.54) is 0 Å². The van der Waals surface area contributed by atoms with Gasteiger partial charge in [-0.05, 0) is 38.0 Å². The van der Waals surface area contributed by atoms with Crippen LogP contribution in [0.1, 0.15) is 33.1 Å². The molecule has 0 atom stereocenters. The normalized spacial score (nSPS) is 11.3. The highest BCUT2D eigenvalue weighted by molar-refractivity contribution is 6.35. The van der Waals surface area contributed by atoms with Crippen molar-refractivity contribution < 1.29 is 9.53 Å². The van der Waals surface area contributed by atoms with Crippen molar-refractivity contribution in [3.63, 3.8) is 0 Å². The molecule has 1 aromatic rings. The van der Waals surface area contributed by atoms with Gasteiger partial charge in [0.2, 0.25) is 5.91 Å². The maximum Gasteiger partial charge on any atom is 0.240 e. The fraction of sp³-hybridized carbons (Fsp3) is 0.429. The average Bonchev–Trinajstić information content (AvgIpc) is 2.42. The molecule has 0 aliphatic heterocycles. The number of ether oxygens (including phenoxy) is 1. The third kappa shape index (κ3) is 6.26. The number of nitrogens with zero attached hydrogens (tertiary/aromatic N) is 1. The van der Waals surface area contributed by atoms with Crippen LogP contribution in [0.3, 0.4) is 0 Å². The van der Waals surface area contributed by atoms with Crippen LogP contribution in [0.5, 0.6) is 5.75 Å². The van der Waals surface area contributed by atoms with Gasteiger partial charge in [0, 0.05) is 17.2 Å². The SMILES string of the molecule is CC/C(C)=N/NC(=O)CCCOc1ccc(Cl)cc1Cl. The second kappa shape index (κ2) is 8.82. The quantitative estimate of drug-likeness (QED) is 0.468. The highest BCUT2D eigenvalue weighted by Crippen LogP contribution is 2.27. The Kier molecular flexibility index (Phi) is 7.41. The van der Waals surface area contributed by atoms with E-state index < -0.39 is 0 Å². The molecule has 20 heavy (non-hydrogen) atoms. The van der Waals surface area contributed by atoms with Crippen LogP contribution in [0.4, 0.5) is 0 Å². The van der Waals surface area contributed by atoms with Gasteiger partial charge in [0.1, 0.15) is 5.75 Å². The Bertz CT molecular complexity index is 490. The maximum absolute atomic E-state index is 11.5. The van der Waals surface area contributed by atoms with E-state index in [0.29, 0.717) is 35.2 Å². The van der Waals surface area contributed by atoms with Gasteiger partial charge in [-0.15, -0.1) is 0 Å². The Labute approximate surface area is 129 Å². The van der Waals surface area contributed by atoms with Crippen molar-refractivity contribution in [2.75, 3.05) is 6.61 Å². The van der Waals surface area contributed by atoms with Crippen LogP contribution in [0.2, 0.25) is 10.0 Å². The van der Waals surface area contributed by atoms with Gasteiger partial charge >= 0.3 is 0 Å². The van der Waals surface area contributed by atoms with E-state index in [4.69, 9.17) is 27.9 Å². The lowest BCUT2D eigenvalue weighted by Crippen LogP contribution is -2.19. The molecule has 1 amide bonds. The zero-order chi connectivity index (χ0) is 15.0. The molecule has 1 aromatic carbocycles. The molecule has 0 aliphatic rings. The van der Waals surface area contributed by atoms with Crippen LogP contribution in [0.15, 0.2) is 23.3 Å². The summed E-state index contributed by atoms with van der Waals surface area (Å²) in [5.41, 5.74) is 3.39. The summed E-state index contributed by atoms with van der Waals surface area (Å²) in [6, 6.07) is 5.03. The van der Waals surface area contributed by atoms with Crippen molar-refractivity contribution in [1.29, 1.82) is 0 Å².